The first-order chi connectivity index (χ1) is 17.0. The molecule has 1 fully saturated rings. The Bertz CT molecular complexity index is 1130. The highest BCUT2D eigenvalue weighted by molar-refractivity contribution is 5.87. The molecule has 0 aromatic heterocycles. The average Bonchev–Trinajstić information content (AvgIpc) is 3.44. The van der Waals surface area contributed by atoms with E-state index in [4.69, 9.17) is 9.84 Å². The quantitative estimate of drug-likeness (QED) is 0.650. The van der Waals surface area contributed by atoms with Crippen molar-refractivity contribution in [2.24, 2.45) is 5.92 Å². The zero-order valence-electron chi connectivity index (χ0n) is 19.6. The molecule has 1 heterocycles. The van der Waals surface area contributed by atoms with Crippen LogP contribution in [0.15, 0.2) is 60.2 Å². The molecule has 0 bridgehead atoms. The number of carboxylic acids is 1. The molecule has 3 aliphatic rings. The molecular weight excluding hydrogens is 444 g/mol. The standard InChI is InChI=1S/C28H30N2O5/c31-26(30-14-12-18(13-15-30)27(32)33)16-19-6-5-11-25(19)29-28(34)35-17-24-22-9-3-1-7-20(22)21-8-2-4-10-23(21)24/h1-4,7-10,12,19,24-25H,5-6,11,13-17H2,(H,29,34)(H,32,33)/t19-,25+/m0/s1. The van der Waals surface area contributed by atoms with Crippen molar-refractivity contribution in [2.75, 3.05) is 19.7 Å². The minimum absolute atomic E-state index is 0.0110. The third-order valence-corrected chi connectivity index (χ3v) is 7.58. The molecule has 7 nitrogen and oxygen atoms in total. The Morgan fingerprint density at radius 3 is 2.31 bits per heavy atom. The lowest BCUT2D eigenvalue weighted by atomic mass is 9.98. The number of hydrogen-bond acceptors (Lipinski definition) is 4. The van der Waals surface area contributed by atoms with Crippen molar-refractivity contribution in [1.29, 1.82) is 0 Å². The van der Waals surface area contributed by atoms with Crippen molar-refractivity contribution in [3.05, 3.63) is 71.3 Å². The van der Waals surface area contributed by atoms with Crippen LogP contribution in [-0.2, 0) is 14.3 Å². The van der Waals surface area contributed by atoms with E-state index in [9.17, 15) is 14.4 Å². The minimum Gasteiger partial charge on any atom is -0.478 e. The van der Waals surface area contributed by atoms with Crippen LogP contribution >= 0.6 is 0 Å². The van der Waals surface area contributed by atoms with Crippen LogP contribution in [0.3, 0.4) is 0 Å². The van der Waals surface area contributed by atoms with Gasteiger partial charge < -0.3 is 20.1 Å². The maximum absolute atomic E-state index is 12.8. The van der Waals surface area contributed by atoms with E-state index in [-0.39, 0.29) is 30.4 Å². The summed E-state index contributed by atoms with van der Waals surface area (Å²) in [5.41, 5.74) is 5.09. The third-order valence-electron chi connectivity index (χ3n) is 7.58. The van der Waals surface area contributed by atoms with Crippen LogP contribution in [0, 0.1) is 5.92 Å². The Morgan fingerprint density at radius 2 is 1.69 bits per heavy atom. The van der Waals surface area contributed by atoms with Gasteiger partial charge in [0.1, 0.15) is 6.61 Å². The summed E-state index contributed by atoms with van der Waals surface area (Å²) in [4.78, 5) is 38.3. The second kappa shape index (κ2) is 9.94. The summed E-state index contributed by atoms with van der Waals surface area (Å²) in [6.45, 7) is 1.02. The van der Waals surface area contributed by atoms with Crippen molar-refractivity contribution in [3.63, 3.8) is 0 Å². The van der Waals surface area contributed by atoms with Crippen molar-refractivity contribution < 1.29 is 24.2 Å². The van der Waals surface area contributed by atoms with Gasteiger partial charge in [0.25, 0.3) is 0 Å². The van der Waals surface area contributed by atoms with Gasteiger partial charge in [0.2, 0.25) is 5.91 Å². The van der Waals surface area contributed by atoms with E-state index in [0.717, 1.165) is 19.3 Å². The fourth-order valence-corrected chi connectivity index (χ4v) is 5.71. The number of alkyl carbamates (subject to hydrolysis) is 1. The fourth-order valence-electron chi connectivity index (χ4n) is 5.71. The summed E-state index contributed by atoms with van der Waals surface area (Å²) >= 11 is 0. The highest BCUT2D eigenvalue weighted by Gasteiger charge is 2.33. The molecule has 7 heteroatoms. The van der Waals surface area contributed by atoms with Crippen LogP contribution in [-0.4, -0.2) is 53.7 Å². The van der Waals surface area contributed by atoms with E-state index in [1.165, 1.54) is 22.3 Å². The van der Waals surface area contributed by atoms with Gasteiger partial charge in [-0.15, -0.1) is 0 Å². The Balaban J connectivity index is 1.16. The molecule has 1 saturated carbocycles. The lowest BCUT2D eigenvalue weighted by Gasteiger charge is -2.28. The Labute approximate surface area is 204 Å². The SMILES string of the molecule is O=C(N[C@@H]1CCC[C@H]1CC(=O)N1CC=C(C(=O)O)CC1)OCC1c2ccccc2-c2ccccc21. The third kappa shape index (κ3) is 4.81. The van der Waals surface area contributed by atoms with Crippen molar-refractivity contribution in [2.45, 2.75) is 44.1 Å². The van der Waals surface area contributed by atoms with Gasteiger partial charge in [-0.2, -0.15) is 0 Å². The Kier molecular flexibility index (Phi) is 6.57. The molecule has 2 aliphatic carbocycles. The highest BCUT2D eigenvalue weighted by Crippen LogP contribution is 2.44. The van der Waals surface area contributed by atoms with E-state index in [1.54, 1.807) is 11.0 Å². The number of nitrogens with one attached hydrogen (secondary N) is 1. The fraction of sp³-hybridized carbons (Fsp3) is 0.393. The van der Waals surface area contributed by atoms with Gasteiger partial charge in [-0.1, -0.05) is 61.0 Å². The highest BCUT2D eigenvalue weighted by atomic mass is 16.5. The number of nitrogens with zero attached hydrogens (tertiary/aromatic N) is 1. The average molecular weight is 475 g/mol. The number of aliphatic carboxylic acids is 1. The van der Waals surface area contributed by atoms with Gasteiger partial charge >= 0.3 is 12.1 Å². The molecule has 0 radical (unpaired) electrons. The predicted molar refractivity (Wildman–Crippen MR) is 131 cm³/mol. The monoisotopic (exact) mass is 474 g/mol. The molecule has 5 rings (SSSR count). The molecule has 2 amide bonds. The van der Waals surface area contributed by atoms with Crippen molar-refractivity contribution in [3.8, 4) is 11.1 Å². The number of benzene rings is 2. The normalized spacial score (nSPS) is 21.1. The van der Waals surface area contributed by atoms with Crippen LogP contribution in [0.25, 0.3) is 11.1 Å². The topological polar surface area (TPSA) is 95.9 Å². The first-order valence-electron chi connectivity index (χ1n) is 12.3. The van der Waals surface area contributed by atoms with Gasteiger partial charge in [-0.25, -0.2) is 9.59 Å². The van der Waals surface area contributed by atoms with Gasteiger partial charge in [-0.05, 0) is 47.4 Å². The summed E-state index contributed by atoms with van der Waals surface area (Å²) < 4.78 is 5.70. The first kappa shape index (κ1) is 23.1. The number of hydrogen-bond donors (Lipinski definition) is 2. The summed E-state index contributed by atoms with van der Waals surface area (Å²) in [5, 5.41) is 12.1. The van der Waals surface area contributed by atoms with Crippen LogP contribution in [0.1, 0.15) is 49.1 Å². The molecule has 2 aromatic rings. The van der Waals surface area contributed by atoms with Crippen LogP contribution in [0.4, 0.5) is 4.79 Å². The lowest BCUT2D eigenvalue weighted by molar-refractivity contribution is -0.135. The number of carboxylic acid groups (broad SMARTS) is 1. The zero-order valence-corrected chi connectivity index (χ0v) is 19.6. The lowest BCUT2D eigenvalue weighted by Crippen LogP contribution is -2.41. The second-order valence-electron chi connectivity index (χ2n) is 9.60. The van der Waals surface area contributed by atoms with Gasteiger partial charge in [0.05, 0.1) is 0 Å². The number of fused-ring (bicyclic) bond motifs is 3. The van der Waals surface area contributed by atoms with E-state index in [0.29, 0.717) is 31.5 Å². The Morgan fingerprint density at radius 1 is 1.00 bits per heavy atom. The van der Waals surface area contributed by atoms with E-state index in [1.807, 2.05) is 24.3 Å². The smallest absolute Gasteiger partial charge is 0.407 e. The van der Waals surface area contributed by atoms with Crippen LogP contribution < -0.4 is 5.32 Å². The molecule has 35 heavy (non-hydrogen) atoms. The van der Waals surface area contributed by atoms with E-state index in [2.05, 4.69) is 29.6 Å². The predicted octanol–water partition coefficient (Wildman–Crippen LogP) is 4.33. The number of rotatable bonds is 6. The molecule has 2 aromatic carbocycles. The number of carbonyl (C=O) groups excluding carboxylic acids is 2. The maximum Gasteiger partial charge on any atom is 0.407 e. The minimum atomic E-state index is -0.916. The van der Waals surface area contributed by atoms with Crippen molar-refractivity contribution in [1.82, 2.24) is 10.2 Å². The molecule has 2 atom stereocenters. The molecule has 0 saturated heterocycles. The molecule has 0 spiro atoms. The number of ether oxygens (including phenoxy) is 1. The Hall–Kier alpha value is -3.61. The van der Waals surface area contributed by atoms with E-state index < -0.39 is 12.1 Å². The number of carbonyl (C=O) groups is 3. The second-order valence-corrected chi connectivity index (χ2v) is 9.60. The van der Waals surface area contributed by atoms with Gasteiger partial charge in [0.15, 0.2) is 0 Å². The van der Waals surface area contributed by atoms with Gasteiger partial charge in [-0.3, -0.25) is 4.79 Å². The summed E-state index contributed by atoms with van der Waals surface area (Å²) in [6, 6.07) is 16.4. The largest absolute Gasteiger partial charge is 0.478 e. The molecule has 182 valence electrons. The molecule has 0 unspecified atom stereocenters. The van der Waals surface area contributed by atoms with Gasteiger partial charge in [0, 0.05) is 37.0 Å². The molecular formula is C28H30N2O5. The summed E-state index contributed by atoms with van der Waals surface area (Å²) in [6.07, 6.45) is 4.55. The zero-order chi connectivity index (χ0) is 24.4. The molecule has 1 aliphatic heterocycles. The first-order valence-corrected chi connectivity index (χ1v) is 12.3. The maximum atomic E-state index is 12.8. The van der Waals surface area contributed by atoms with Crippen molar-refractivity contribution >= 4 is 18.0 Å². The van der Waals surface area contributed by atoms with Crippen LogP contribution in [0.5, 0.6) is 0 Å². The number of amides is 2. The van der Waals surface area contributed by atoms with Crippen LogP contribution in [0.2, 0.25) is 0 Å². The summed E-state index contributed by atoms with van der Waals surface area (Å²) in [7, 11) is 0. The molecule has 2 N–H and O–H groups in total. The van der Waals surface area contributed by atoms with E-state index >= 15 is 0 Å². The summed E-state index contributed by atoms with van der Waals surface area (Å²) in [5.74, 6) is -0.832.